The molecule has 21 heavy (non-hydrogen) atoms. The number of aliphatic hydroxyl groups excluding tert-OH is 1. The van der Waals surface area contributed by atoms with E-state index in [2.05, 4.69) is 17.8 Å². The van der Waals surface area contributed by atoms with Crippen LogP contribution in [0.25, 0.3) is 5.70 Å². The largest absolute Gasteiger partial charge is 0.398 e. The number of thioether (sulfide) groups is 1. The lowest BCUT2D eigenvalue weighted by Gasteiger charge is -2.23. The fourth-order valence-electron chi connectivity index (χ4n) is 1.79. The van der Waals surface area contributed by atoms with Crippen molar-refractivity contribution in [2.24, 2.45) is 16.6 Å². The van der Waals surface area contributed by atoms with E-state index < -0.39 is 5.54 Å². The van der Waals surface area contributed by atoms with Gasteiger partial charge < -0.3 is 16.6 Å². The Bertz CT molecular complexity index is 480. The molecule has 116 valence electrons. The zero-order valence-corrected chi connectivity index (χ0v) is 13.4. The minimum atomic E-state index is -0.942. The smallest absolute Gasteiger partial charge is 0.101 e. The standard InChI is InChI=1S/C14H21N3O2S2/c15-13(7-21-10-20)12-3-1-11(2-4-12)5-6-14(16,9-18)8-17-19/h1-4,7,18,20H,5-6,8-10,15-16H2/b13-7-. The van der Waals surface area contributed by atoms with Crippen LogP contribution in [0.15, 0.2) is 34.9 Å². The average Bonchev–Trinajstić information content (AvgIpc) is 2.51. The minimum Gasteiger partial charge on any atom is -0.398 e. The van der Waals surface area contributed by atoms with E-state index in [0.717, 1.165) is 11.1 Å². The van der Waals surface area contributed by atoms with Crippen molar-refractivity contribution in [2.45, 2.75) is 18.4 Å². The van der Waals surface area contributed by atoms with E-state index in [-0.39, 0.29) is 13.2 Å². The zero-order chi connectivity index (χ0) is 15.7. The lowest BCUT2D eigenvalue weighted by Crippen LogP contribution is -2.47. The lowest BCUT2D eigenvalue weighted by atomic mass is 9.93. The van der Waals surface area contributed by atoms with E-state index in [1.807, 2.05) is 29.7 Å². The molecule has 0 heterocycles. The van der Waals surface area contributed by atoms with Gasteiger partial charge in [0.1, 0.15) is 6.54 Å². The SMILES string of the molecule is N/C(=C\SCS)c1ccc(CCC(N)(CO)CN=O)cc1. The van der Waals surface area contributed by atoms with Gasteiger partial charge in [-0.2, -0.15) is 17.5 Å². The van der Waals surface area contributed by atoms with Gasteiger partial charge in [0.05, 0.1) is 12.1 Å². The Morgan fingerprint density at radius 2 is 2.10 bits per heavy atom. The number of benzene rings is 1. The van der Waals surface area contributed by atoms with Gasteiger partial charge in [-0.1, -0.05) is 29.4 Å². The molecule has 5 nitrogen and oxygen atoms in total. The van der Waals surface area contributed by atoms with Crippen molar-refractivity contribution in [2.75, 3.05) is 18.2 Å². The molecule has 0 saturated carbocycles. The summed E-state index contributed by atoms with van der Waals surface area (Å²) in [5.41, 5.74) is 13.6. The number of nitrogens with two attached hydrogens (primary N) is 2. The quantitative estimate of drug-likeness (QED) is 0.315. The molecule has 1 aromatic rings. The fraction of sp³-hybridized carbons (Fsp3) is 0.429. The number of aliphatic hydroxyl groups is 1. The van der Waals surface area contributed by atoms with Gasteiger partial charge in [-0.05, 0) is 29.4 Å². The number of thiol groups is 1. The molecular weight excluding hydrogens is 306 g/mol. The van der Waals surface area contributed by atoms with Crippen LogP contribution in [0, 0.1) is 4.91 Å². The maximum absolute atomic E-state index is 10.3. The van der Waals surface area contributed by atoms with Crippen LogP contribution in [-0.2, 0) is 6.42 Å². The molecule has 5 N–H and O–H groups in total. The summed E-state index contributed by atoms with van der Waals surface area (Å²) in [5, 5.41) is 14.6. The molecule has 0 saturated heterocycles. The molecule has 0 amide bonds. The number of hydrogen-bond acceptors (Lipinski definition) is 7. The van der Waals surface area contributed by atoms with E-state index in [9.17, 15) is 10.0 Å². The van der Waals surface area contributed by atoms with Crippen molar-refractivity contribution in [1.82, 2.24) is 0 Å². The van der Waals surface area contributed by atoms with Crippen LogP contribution in [0.4, 0.5) is 0 Å². The van der Waals surface area contributed by atoms with E-state index in [0.29, 0.717) is 23.6 Å². The van der Waals surface area contributed by atoms with Crippen molar-refractivity contribution in [3.05, 3.63) is 45.7 Å². The first kappa shape index (κ1) is 18.0. The third kappa shape index (κ3) is 6.09. The summed E-state index contributed by atoms with van der Waals surface area (Å²) in [5.74, 6) is 0. The molecule has 0 radical (unpaired) electrons. The lowest BCUT2D eigenvalue weighted by molar-refractivity contribution is 0.192. The zero-order valence-electron chi connectivity index (χ0n) is 11.7. The summed E-state index contributed by atoms with van der Waals surface area (Å²) >= 11 is 5.64. The molecule has 0 fully saturated rings. The Kier molecular flexibility index (Phi) is 7.81. The number of nitrogens with zero attached hydrogens (tertiary/aromatic N) is 1. The molecule has 0 bridgehead atoms. The average molecular weight is 327 g/mol. The van der Waals surface area contributed by atoms with Crippen molar-refractivity contribution >= 4 is 30.1 Å². The fourth-order valence-corrected chi connectivity index (χ4v) is 2.40. The maximum Gasteiger partial charge on any atom is 0.101 e. The molecular formula is C14H21N3O2S2. The summed E-state index contributed by atoms with van der Waals surface area (Å²) in [6.07, 6.45) is 1.16. The van der Waals surface area contributed by atoms with E-state index in [4.69, 9.17) is 11.5 Å². The van der Waals surface area contributed by atoms with E-state index in [1.54, 1.807) is 0 Å². The normalized spacial score (nSPS) is 14.7. The number of rotatable bonds is 9. The van der Waals surface area contributed by atoms with Crippen LogP contribution in [0.3, 0.4) is 0 Å². The van der Waals surface area contributed by atoms with Gasteiger partial charge in [-0.15, -0.1) is 11.8 Å². The first-order valence-electron chi connectivity index (χ1n) is 6.51. The molecule has 0 aliphatic heterocycles. The maximum atomic E-state index is 10.3. The predicted octanol–water partition coefficient (Wildman–Crippen LogP) is 1.95. The molecule has 0 aliphatic carbocycles. The Morgan fingerprint density at radius 3 is 2.62 bits per heavy atom. The van der Waals surface area contributed by atoms with Gasteiger partial charge in [0.15, 0.2) is 0 Å². The Labute approximate surface area is 134 Å². The highest BCUT2D eigenvalue weighted by atomic mass is 32.2. The van der Waals surface area contributed by atoms with Gasteiger partial charge >= 0.3 is 0 Å². The van der Waals surface area contributed by atoms with Crippen LogP contribution in [-0.4, -0.2) is 28.9 Å². The highest BCUT2D eigenvalue weighted by Gasteiger charge is 2.24. The molecule has 1 aromatic carbocycles. The monoisotopic (exact) mass is 327 g/mol. The van der Waals surface area contributed by atoms with Gasteiger partial charge in [0, 0.05) is 10.8 Å². The molecule has 0 aliphatic rings. The summed E-state index contributed by atoms with van der Waals surface area (Å²) in [4.78, 5) is 10.3. The molecule has 1 atom stereocenters. The molecule has 1 unspecified atom stereocenters. The molecule has 7 heteroatoms. The Hall–Kier alpha value is -1.02. The van der Waals surface area contributed by atoms with Crippen molar-refractivity contribution in [3.8, 4) is 0 Å². The summed E-state index contributed by atoms with van der Waals surface area (Å²) < 4.78 is 0. The number of hydrogen-bond donors (Lipinski definition) is 4. The Balaban J connectivity index is 2.64. The van der Waals surface area contributed by atoms with Crippen molar-refractivity contribution < 1.29 is 5.11 Å². The highest BCUT2D eigenvalue weighted by Crippen LogP contribution is 2.17. The third-order valence-electron chi connectivity index (χ3n) is 3.18. The highest BCUT2D eigenvalue weighted by molar-refractivity contribution is 8.11. The van der Waals surface area contributed by atoms with Gasteiger partial charge in [0.25, 0.3) is 0 Å². The van der Waals surface area contributed by atoms with E-state index >= 15 is 0 Å². The first-order chi connectivity index (χ1) is 10.0. The number of aryl methyl sites for hydroxylation is 1. The third-order valence-corrected chi connectivity index (χ3v) is 4.19. The van der Waals surface area contributed by atoms with Gasteiger partial charge in [-0.25, -0.2) is 0 Å². The predicted molar refractivity (Wildman–Crippen MR) is 93.0 cm³/mol. The van der Waals surface area contributed by atoms with Gasteiger partial charge in [-0.3, -0.25) is 0 Å². The summed E-state index contributed by atoms with van der Waals surface area (Å²) in [6, 6.07) is 7.81. The van der Waals surface area contributed by atoms with Crippen LogP contribution in [0.5, 0.6) is 0 Å². The van der Waals surface area contributed by atoms with Crippen molar-refractivity contribution in [1.29, 1.82) is 0 Å². The van der Waals surface area contributed by atoms with Crippen LogP contribution in [0.1, 0.15) is 17.5 Å². The molecule has 1 rings (SSSR count). The second-order valence-corrected chi connectivity index (χ2v) is 6.48. The second-order valence-electron chi connectivity index (χ2n) is 4.87. The topological polar surface area (TPSA) is 102 Å². The summed E-state index contributed by atoms with van der Waals surface area (Å²) in [6.45, 7) is -0.342. The van der Waals surface area contributed by atoms with Gasteiger partial charge in [0.2, 0.25) is 0 Å². The second kappa shape index (κ2) is 9.09. The van der Waals surface area contributed by atoms with Crippen LogP contribution < -0.4 is 11.5 Å². The van der Waals surface area contributed by atoms with E-state index in [1.165, 1.54) is 11.8 Å². The summed E-state index contributed by atoms with van der Waals surface area (Å²) in [7, 11) is 0. The first-order valence-corrected chi connectivity index (χ1v) is 8.19. The van der Waals surface area contributed by atoms with Crippen LogP contribution in [0.2, 0.25) is 0 Å². The molecule has 0 spiro atoms. The van der Waals surface area contributed by atoms with Crippen molar-refractivity contribution in [3.63, 3.8) is 0 Å². The number of nitroso groups, excluding NO2 is 1. The minimum absolute atomic E-state index is 0.0851. The van der Waals surface area contributed by atoms with Crippen LogP contribution >= 0.6 is 24.4 Å². The Morgan fingerprint density at radius 1 is 1.43 bits per heavy atom. The molecule has 0 aromatic heterocycles.